The van der Waals surface area contributed by atoms with E-state index in [0.29, 0.717) is 6.92 Å². The Kier molecular flexibility index (Phi) is 5.29. The Bertz CT molecular complexity index is 356. The first kappa shape index (κ1) is 19.2. The second kappa shape index (κ2) is 5.52. The summed E-state index contributed by atoms with van der Waals surface area (Å²) in [5.74, 6) is -23.6. The molecule has 0 nitrogen and oxygen atoms in total. The predicted octanol–water partition coefficient (Wildman–Crippen LogP) is 5.54. The van der Waals surface area contributed by atoms with Crippen LogP contribution in [0.2, 0.25) is 0 Å². The van der Waals surface area contributed by atoms with Gasteiger partial charge in [0.1, 0.15) is 0 Å². The summed E-state index contributed by atoms with van der Waals surface area (Å²) in [4.78, 5) is 0. The van der Waals surface area contributed by atoms with Gasteiger partial charge in [0, 0.05) is 6.42 Å². The smallest absolute Gasteiger partial charge is 0.200 e. The molecular weight excluding hydrogens is 296 g/mol. The highest BCUT2D eigenvalue weighted by Crippen LogP contribution is 2.55. The molecule has 0 saturated heterocycles. The van der Waals surface area contributed by atoms with Gasteiger partial charge in [0.05, 0.1) is 0 Å². The molecule has 0 spiro atoms. The fourth-order valence-corrected chi connectivity index (χ4v) is 1.32. The lowest BCUT2D eigenvalue weighted by Crippen LogP contribution is -2.62. The van der Waals surface area contributed by atoms with Gasteiger partial charge >= 0.3 is 23.7 Å². The molecule has 0 aromatic heterocycles. The van der Waals surface area contributed by atoms with Crippen LogP contribution in [-0.4, -0.2) is 23.7 Å². The monoisotopic (exact) mass is 312 g/mol. The number of alkyl halides is 8. The van der Waals surface area contributed by atoms with Crippen LogP contribution in [-0.2, 0) is 0 Å². The lowest BCUT2D eigenvalue weighted by molar-refractivity contribution is -0.358. The number of rotatable bonds is 7. The van der Waals surface area contributed by atoms with Gasteiger partial charge in [-0.05, 0) is 24.8 Å². The zero-order chi connectivity index (χ0) is 16.6. The molecule has 0 aliphatic heterocycles. The summed E-state index contributed by atoms with van der Waals surface area (Å²) in [6.07, 6.45) is -2.11. The second-order valence-corrected chi connectivity index (χ2v) is 5.14. The van der Waals surface area contributed by atoms with Crippen molar-refractivity contribution in [2.24, 2.45) is 5.92 Å². The third kappa shape index (κ3) is 3.09. The maximum absolute atomic E-state index is 13.3. The van der Waals surface area contributed by atoms with Gasteiger partial charge in [0.15, 0.2) is 0 Å². The summed E-state index contributed by atoms with van der Waals surface area (Å²) < 4.78 is 106. The van der Waals surface area contributed by atoms with Crippen LogP contribution in [0, 0.1) is 5.92 Å². The van der Waals surface area contributed by atoms with E-state index in [1.165, 1.54) is 13.8 Å². The first-order valence-corrected chi connectivity index (χ1v) is 5.78. The van der Waals surface area contributed by atoms with Crippen LogP contribution in [0.25, 0.3) is 0 Å². The van der Waals surface area contributed by atoms with Gasteiger partial charge in [-0.2, -0.15) is 35.1 Å². The fraction of sp³-hybridized carbons (Fsp3) is 0.833. The average molecular weight is 312 g/mol. The highest BCUT2D eigenvalue weighted by Gasteiger charge is 2.80. The van der Waals surface area contributed by atoms with Crippen molar-refractivity contribution in [1.82, 2.24) is 0 Å². The molecule has 20 heavy (non-hydrogen) atoms. The highest BCUT2D eigenvalue weighted by atomic mass is 19.4. The Morgan fingerprint density at radius 1 is 0.900 bits per heavy atom. The van der Waals surface area contributed by atoms with Crippen molar-refractivity contribution in [3.63, 3.8) is 0 Å². The maximum Gasteiger partial charge on any atom is 0.382 e. The molecule has 0 rings (SSSR count). The van der Waals surface area contributed by atoms with Crippen molar-refractivity contribution in [2.45, 2.75) is 57.3 Å². The maximum atomic E-state index is 13.3. The molecule has 8 heteroatoms. The largest absolute Gasteiger partial charge is 0.382 e. The number of allylic oxidation sites excluding steroid dienone is 1. The third-order valence-electron chi connectivity index (χ3n) is 2.82. The molecule has 0 saturated carbocycles. The van der Waals surface area contributed by atoms with Gasteiger partial charge in [-0.3, -0.25) is 0 Å². The molecule has 0 atom stereocenters. The minimum absolute atomic E-state index is 0.371. The minimum atomic E-state index is -6.23. The first-order chi connectivity index (χ1) is 8.61. The van der Waals surface area contributed by atoms with Gasteiger partial charge in [0.2, 0.25) is 0 Å². The molecule has 0 unspecified atom stereocenters. The third-order valence-corrected chi connectivity index (χ3v) is 2.82. The molecule has 0 N–H and O–H groups in total. The lowest BCUT2D eigenvalue weighted by atomic mass is 9.91. The molecule has 0 aromatic rings. The summed E-state index contributed by atoms with van der Waals surface area (Å²) in [5.41, 5.74) is -1.61. The zero-order valence-corrected chi connectivity index (χ0v) is 11.2. The molecular formula is C12H16F8. The fourth-order valence-electron chi connectivity index (χ4n) is 1.32. The summed E-state index contributed by atoms with van der Waals surface area (Å²) in [6, 6.07) is 0. The van der Waals surface area contributed by atoms with Crippen molar-refractivity contribution >= 4 is 0 Å². The van der Waals surface area contributed by atoms with E-state index in [1.54, 1.807) is 0 Å². The molecule has 120 valence electrons. The van der Waals surface area contributed by atoms with Gasteiger partial charge in [0.25, 0.3) is 0 Å². The molecule has 0 amide bonds. The Hall–Kier alpha value is -0.820. The average Bonchev–Trinajstić information content (AvgIpc) is 2.25. The molecule has 0 aliphatic rings. The van der Waals surface area contributed by atoms with Gasteiger partial charge < -0.3 is 0 Å². The van der Waals surface area contributed by atoms with Crippen molar-refractivity contribution < 1.29 is 35.1 Å². The SMILES string of the molecule is C=C(C)C(F)(F)C(F)(F)C(F)(F)C(F)(F)CCC(C)C. The van der Waals surface area contributed by atoms with E-state index in [1.807, 2.05) is 0 Å². The van der Waals surface area contributed by atoms with Crippen LogP contribution >= 0.6 is 0 Å². The standard InChI is InChI=1S/C12H16F8/c1-7(2)5-6-9(13,14)11(17,18)12(19,20)10(15,16)8(3)4/h7H,3,5-6H2,1-2,4H3. The summed E-state index contributed by atoms with van der Waals surface area (Å²) in [5, 5.41) is 0. The lowest BCUT2D eigenvalue weighted by Gasteiger charge is -2.37. The van der Waals surface area contributed by atoms with Crippen LogP contribution in [0.5, 0.6) is 0 Å². The number of hydrogen-bond acceptors (Lipinski definition) is 0. The number of halogens is 8. The summed E-state index contributed by atoms with van der Waals surface area (Å²) in [6.45, 7) is 5.65. The van der Waals surface area contributed by atoms with Crippen molar-refractivity contribution in [3.05, 3.63) is 12.2 Å². The topological polar surface area (TPSA) is 0 Å². The van der Waals surface area contributed by atoms with E-state index in [9.17, 15) is 35.1 Å². The van der Waals surface area contributed by atoms with E-state index in [2.05, 4.69) is 6.58 Å². The Morgan fingerprint density at radius 3 is 1.60 bits per heavy atom. The van der Waals surface area contributed by atoms with Gasteiger partial charge in [-0.15, -0.1) is 0 Å². The normalized spacial score (nSPS) is 14.8. The van der Waals surface area contributed by atoms with Gasteiger partial charge in [-0.1, -0.05) is 20.4 Å². The molecule has 0 radical (unpaired) electrons. The Labute approximate surface area is 111 Å². The summed E-state index contributed by atoms with van der Waals surface area (Å²) >= 11 is 0. The van der Waals surface area contributed by atoms with Gasteiger partial charge in [-0.25, -0.2) is 0 Å². The van der Waals surface area contributed by atoms with Crippen LogP contribution in [0.3, 0.4) is 0 Å². The minimum Gasteiger partial charge on any atom is -0.200 e. The first-order valence-electron chi connectivity index (χ1n) is 5.78. The van der Waals surface area contributed by atoms with E-state index in [0.717, 1.165) is 0 Å². The van der Waals surface area contributed by atoms with Crippen LogP contribution in [0.15, 0.2) is 12.2 Å². The molecule has 0 fully saturated rings. The van der Waals surface area contributed by atoms with Crippen LogP contribution < -0.4 is 0 Å². The Morgan fingerprint density at radius 2 is 1.30 bits per heavy atom. The van der Waals surface area contributed by atoms with E-state index < -0.39 is 48.0 Å². The Balaban J connectivity index is 5.54. The van der Waals surface area contributed by atoms with E-state index in [4.69, 9.17) is 0 Å². The zero-order valence-electron chi connectivity index (χ0n) is 11.2. The highest BCUT2D eigenvalue weighted by molar-refractivity contribution is 5.16. The molecule has 0 aromatic carbocycles. The van der Waals surface area contributed by atoms with Crippen molar-refractivity contribution in [2.75, 3.05) is 0 Å². The van der Waals surface area contributed by atoms with E-state index in [-0.39, 0.29) is 0 Å². The van der Waals surface area contributed by atoms with Crippen LogP contribution in [0.4, 0.5) is 35.1 Å². The summed E-state index contributed by atoms with van der Waals surface area (Å²) in [7, 11) is 0. The van der Waals surface area contributed by atoms with Crippen LogP contribution in [0.1, 0.15) is 33.6 Å². The van der Waals surface area contributed by atoms with E-state index >= 15 is 0 Å². The van der Waals surface area contributed by atoms with Crippen molar-refractivity contribution in [1.29, 1.82) is 0 Å². The number of hydrogen-bond donors (Lipinski definition) is 0. The predicted molar refractivity (Wildman–Crippen MR) is 58.7 cm³/mol. The molecule has 0 heterocycles. The van der Waals surface area contributed by atoms with Crippen molar-refractivity contribution in [3.8, 4) is 0 Å². The quantitative estimate of drug-likeness (QED) is 0.428. The molecule has 0 aliphatic carbocycles. The molecule has 0 bridgehead atoms. The second-order valence-electron chi connectivity index (χ2n) is 5.14.